The highest BCUT2D eigenvalue weighted by Crippen LogP contribution is 2.23. The fourth-order valence-corrected chi connectivity index (χ4v) is 2.80. The predicted molar refractivity (Wildman–Crippen MR) is 112 cm³/mol. The molecule has 0 unspecified atom stereocenters. The lowest BCUT2D eigenvalue weighted by atomic mass is 10.0. The van der Waals surface area contributed by atoms with Gasteiger partial charge in [0.1, 0.15) is 11.5 Å². The summed E-state index contributed by atoms with van der Waals surface area (Å²) < 4.78 is 10.9. The molecule has 0 fully saturated rings. The third-order valence-corrected chi connectivity index (χ3v) is 4.51. The molecular formula is C24H22N2O3. The Bertz CT molecular complexity index is 988. The zero-order valence-corrected chi connectivity index (χ0v) is 16.4. The normalized spacial score (nSPS) is 11.2. The smallest absolute Gasteiger partial charge is 0.261 e. The van der Waals surface area contributed by atoms with Gasteiger partial charge in [-0.15, -0.1) is 0 Å². The number of nitrogens with one attached hydrogen (secondary N) is 1. The minimum atomic E-state index is -0.617. The van der Waals surface area contributed by atoms with Crippen molar-refractivity contribution in [1.29, 1.82) is 5.26 Å². The number of benzene rings is 3. The van der Waals surface area contributed by atoms with E-state index >= 15 is 0 Å². The van der Waals surface area contributed by atoms with Crippen LogP contribution in [-0.2, 0) is 11.3 Å². The zero-order chi connectivity index (χ0) is 20.6. The van der Waals surface area contributed by atoms with E-state index in [0.717, 1.165) is 22.4 Å². The molecule has 0 aliphatic carbocycles. The molecule has 0 saturated heterocycles. The van der Waals surface area contributed by atoms with Gasteiger partial charge >= 0.3 is 0 Å². The lowest BCUT2D eigenvalue weighted by molar-refractivity contribution is -0.127. The van der Waals surface area contributed by atoms with Crippen molar-refractivity contribution in [3.05, 3.63) is 83.9 Å². The number of hydrogen-bond donors (Lipinski definition) is 1. The number of carbonyl (C=O) groups is 1. The molecule has 0 aliphatic rings. The van der Waals surface area contributed by atoms with Gasteiger partial charge in [-0.05, 0) is 60.0 Å². The van der Waals surface area contributed by atoms with Crippen LogP contribution in [0.2, 0.25) is 0 Å². The van der Waals surface area contributed by atoms with Gasteiger partial charge in [-0.1, -0.05) is 36.4 Å². The highest BCUT2D eigenvalue weighted by atomic mass is 16.5. The molecule has 0 bridgehead atoms. The molecule has 5 heteroatoms. The molecule has 1 atom stereocenters. The Labute approximate surface area is 170 Å². The number of nitriles is 1. The SMILES string of the molecule is COc1ccc(CNC(=O)[C@H](C)Oc2ccc(-c3ccc(C#N)cc3)cc2)cc1. The van der Waals surface area contributed by atoms with Gasteiger partial charge in [-0.3, -0.25) is 4.79 Å². The molecule has 3 aromatic rings. The number of ether oxygens (including phenoxy) is 2. The minimum absolute atomic E-state index is 0.183. The molecule has 3 rings (SSSR count). The van der Waals surface area contributed by atoms with Gasteiger partial charge in [0.25, 0.3) is 5.91 Å². The first-order valence-corrected chi connectivity index (χ1v) is 9.27. The van der Waals surface area contributed by atoms with Gasteiger partial charge in [-0.25, -0.2) is 0 Å². The van der Waals surface area contributed by atoms with Gasteiger partial charge in [0.2, 0.25) is 0 Å². The lowest BCUT2D eigenvalue weighted by Crippen LogP contribution is -2.35. The maximum atomic E-state index is 12.3. The topological polar surface area (TPSA) is 71.3 Å². The van der Waals surface area contributed by atoms with Crippen molar-refractivity contribution in [1.82, 2.24) is 5.32 Å². The first-order chi connectivity index (χ1) is 14.1. The number of amides is 1. The Morgan fingerprint density at radius 2 is 1.48 bits per heavy atom. The van der Waals surface area contributed by atoms with Crippen molar-refractivity contribution in [2.75, 3.05) is 7.11 Å². The summed E-state index contributed by atoms with van der Waals surface area (Å²) in [7, 11) is 1.62. The standard InChI is InChI=1S/C24H22N2O3/c1-17(24(27)26-16-19-5-11-22(28-2)12-6-19)29-23-13-9-21(10-14-23)20-7-3-18(15-25)4-8-20/h3-14,17H,16H2,1-2H3,(H,26,27)/t17-/m0/s1. The van der Waals surface area contributed by atoms with Crippen molar-refractivity contribution in [2.45, 2.75) is 19.6 Å². The van der Waals surface area contributed by atoms with Crippen LogP contribution in [0, 0.1) is 11.3 Å². The average Bonchev–Trinajstić information content (AvgIpc) is 2.78. The van der Waals surface area contributed by atoms with Gasteiger partial charge < -0.3 is 14.8 Å². The maximum Gasteiger partial charge on any atom is 0.261 e. The lowest BCUT2D eigenvalue weighted by Gasteiger charge is -2.15. The third kappa shape index (κ3) is 5.36. The van der Waals surface area contributed by atoms with Crippen LogP contribution in [0.3, 0.4) is 0 Å². The van der Waals surface area contributed by atoms with Crippen molar-refractivity contribution in [3.8, 4) is 28.7 Å². The van der Waals surface area contributed by atoms with Gasteiger partial charge in [0.05, 0.1) is 18.7 Å². The molecule has 0 aliphatic heterocycles. The monoisotopic (exact) mass is 386 g/mol. The van der Waals surface area contributed by atoms with Gasteiger partial charge in [-0.2, -0.15) is 5.26 Å². The molecule has 3 aromatic carbocycles. The molecule has 29 heavy (non-hydrogen) atoms. The second kappa shape index (κ2) is 9.43. The van der Waals surface area contributed by atoms with Crippen molar-refractivity contribution >= 4 is 5.91 Å². The highest BCUT2D eigenvalue weighted by Gasteiger charge is 2.14. The summed E-state index contributed by atoms with van der Waals surface area (Å²) in [6.07, 6.45) is -0.617. The quantitative estimate of drug-likeness (QED) is 0.656. The summed E-state index contributed by atoms with van der Waals surface area (Å²) >= 11 is 0. The van der Waals surface area contributed by atoms with Crippen LogP contribution < -0.4 is 14.8 Å². The predicted octanol–water partition coefficient (Wildman–Crippen LogP) is 4.32. The Kier molecular flexibility index (Phi) is 6.49. The largest absolute Gasteiger partial charge is 0.497 e. The second-order valence-electron chi connectivity index (χ2n) is 6.54. The Morgan fingerprint density at radius 1 is 0.931 bits per heavy atom. The van der Waals surface area contributed by atoms with Crippen LogP contribution in [0.1, 0.15) is 18.1 Å². The van der Waals surface area contributed by atoms with E-state index in [-0.39, 0.29) is 5.91 Å². The van der Waals surface area contributed by atoms with Crippen molar-refractivity contribution < 1.29 is 14.3 Å². The summed E-state index contributed by atoms with van der Waals surface area (Å²) in [6, 6.07) is 24.6. The number of methoxy groups -OCH3 is 1. The summed E-state index contributed by atoms with van der Waals surface area (Å²) in [6.45, 7) is 2.14. The van der Waals surface area contributed by atoms with E-state index in [9.17, 15) is 4.79 Å². The van der Waals surface area contributed by atoms with E-state index in [2.05, 4.69) is 11.4 Å². The van der Waals surface area contributed by atoms with E-state index < -0.39 is 6.10 Å². The van der Waals surface area contributed by atoms with Crippen LogP contribution >= 0.6 is 0 Å². The fourth-order valence-electron chi connectivity index (χ4n) is 2.80. The number of nitrogens with zero attached hydrogens (tertiary/aromatic N) is 1. The summed E-state index contributed by atoms with van der Waals surface area (Å²) in [5, 5.41) is 11.8. The molecule has 146 valence electrons. The Balaban J connectivity index is 1.54. The van der Waals surface area contributed by atoms with Gasteiger partial charge in [0, 0.05) is 6.54 Å². The van der Waals surface area contributed by atoms with Crippen molar-refractivity contribution in [2.24, 2.45) is 0 Å². The third-order valence-electron chi connectivity index (χ3n) is 4.51. The van der Waals surface area contributed by atoms with E-state index in [1.165, 1.54) is 0 Å². The molecular weight excluding hydrogens is 364 g/mol. The molecule has 1 amide bonds. The summed E-state index contributed by atoms with van der Waals surface area (Å²) in [5.74, 6) is 1.22. The van der Waals surface area contributed by atoms with Crippen molar-refractivity contribution in [3.63, 3.8) is 0 Å². The van der Waals surface area contributed by atoms with E-state index in [1.54, 1.807) is 26.2 Å². The Hall–Kier alpha value is -3.78. The molecule has 0 heterocycles. The molecule has 0 radical (unpaired) electrons. The average molecular weight is 386 g/mol. The summed E-state index contributed by atoms with van der Waals surface area (Å²) in [5.41, 5.74) is 3.64. The molecule has 5 nitrogen and oxygen atoms in total. The van der Waals surface area contributed by atoms with Gasteiger partial charge in [0.15, 0.2) is 6.10 Å². The van der Waals surface area contributed by atoms with Crippen LogP contribution in [0.4, 0.5) is 0 Å². The van der Waals surface area contributed by atoms with Crippen LogP contribution in [-0.4, -0.2) is 19.1 Å². The van der Waals surface area contributed by atoms with Crippen LogP contribution in [0.25, 0.3) is 11.1 Å². The zero-order valence-electron chi connectivity index (χ0n) is 16.4. The van der Waals surface area contributed by atoms with Crippen LogP contribution in [0.5, 0.6) is 11.5 Å². The first-order valence-electron chi connectivity index (χ1n) is 9.27. The second-order valence-corrected chi connectivity index (χ2v) is 6.54. The molecule has 0 saturated carbocycles. The minimum Gasteiger partial charge on any atom is -0.497 e. The molecule has 0 aromatic heterocycles. The van der Waals surface area contributed by atoms with Crippen LogP contribution in [0.15, 0.2) is 72.8 Å². The number of rotatable bonds is 7. The number of hydrogen-bond acceptors (Lipinski definition) is 4. The highest BCUT2D eigenvalue weighted by molar-refractivity contribution is 5.80. The first kappa shape index (κ1) is 20.0. The molecule has 0 spiro atoms. The number of carbonyl (C=O) groups excluding carboxylic acids is 1. The fraction of sp³-hybridized carbons (Fsp3) is 0.167. The maximum absolute atomic E-state index is 12.3. The van der Waals surface area contributed by atoms with E-state index in [4.69, 9.17) is 14.7 Å². The Morgan fingerprint density at radius 3 is 2.03 bits per heavy atom. The van der Waals surface area contributed by atoms with E-state index in [1.807, 2.05) is 60.7 Å². The summed E-state index contributed by atoms with van der Waals surface area (Å²) in [4.78, 5) is 12.3. The molecule has 1 N–H and O–H groups in total. The van der Waals surface area contributed by atoms with E-state index in [0.29, 0.717) is 17.9 Å².